The molecule has 4 aromatic carbocycles. The van der Waals surface area contributed by atoms with Gasteiger partial charge in [-0.1, -0.05) is 90.4 Å². The lowest BCUT2D eigenvalue weighted by Gasteiger charge is -2.28. The van der Waals surface area contributed by atoms with Crippen LogP contribution in [-0.4, -0.2) is 39.4 Å². The first kappa shape index (κ1) is 31.2. The van der Waals surface area contributed by atoms with Gasteiger partial charge in [-0.25, -0.2) is 13.1 Å². The number of nitrogens with one attached hydrogen (secondary N) is 2. The molecule has 0 aliphatic carbocycles. The maximum absolute atomic E-state index is 13.7. The molecule has 0 saturated carbocycles. The molecule has 9 heteroatoms. The number of benzene rings is 4. The Hall–Kier alpha value is -3.24. The number of halogens is 1. The van der Waals surface area contributed by atoms with Crippen molar-refractivity contribution in [3.63, 3.8) is 0 Å². The van der Waals surface area contributed by atoms with E-state index >= 15 is 0 Å². The molecule has 2 atom stereocenters. The zero-order chi connectivity index (χ0) is 30.6. The molecule has 1 aliphatic heterocycles. The fourth-order valence-corrected chi connectivity index (χ4v) is 7.58. The Labute approximate surface area is 262 Å². The van der Waals surface area contributed by atoms with Gasteiger partial charge < -0.3 is 15.0 Å². The average Bonchev–Trinajstić information content (AvgIpc) is 2.96. The summed E-state index contributed by atoms with van der Waals surface area (Å²) < 4.78 is 37.2. The van der Waals surface area contributed by atoms with Gasteiger partial charge in [0, 0.05) is 41.4 Å². The summed E-state index contributed by atoms with van der Waals surface area (Å²) in [5.74, 6) is 1.13. The molecule has 1 aliphatic rings. The standard InChI is InChI=1S/C34H38BrN3O4S/c1-23(2)21-38(3)22-24-12-14-29-30(16-17-42-32(29)18-24)36-34(39)20-31(25-8-5-4-6-9-25)37-43(40,41)33-11-7-10-26-19-27(35)13-15-28(26)33/h4-15,18-19,23,30-31,37H,16-17,20-22H2,1-3H3,(H,36,39). The van der Waals surface area contributed by atoms with Crippen LogP contribution < -0.4 is 14.8 Å². The third-order valence-corrected chi connectivity index (χ3v) is 9.59. The van der Waals surface area contributed by atoms with Crippen LogP contribution in [0, 0.1) is 5.92 Å². The van der Waals surface area contributed by atoms with Gasteiger partial charge in [-0.15, -0.1) is 0 Å². The molecule has 0 bridgehead atoms. The number of rotatable bonds is 11. The van der Waals surface area contributed by atoms with Gasteiger partial charge in [-0.2, -0.15) is 0 Å². The molecule has 0 spiro atoms. The lowest BCUT2D eigenvalue weighted by atomic mass is 9.97. The maximum Gasteiger partial charge on any atom is 0.241 e. The fourth-order valence-electron chi connectivity index (χ4n) is 5.74. The molecule has 226 valence electrons. The SMILES string of the molecule is CC(C)CN(C)Cc1ccc2c(c1)OCCC2NC(=O)CC(NS(=O)(=O)c1cccc2cc(Br)ccc12)c1ccccc1. The number of hydrogen-bond donors (Lipinski definition) is 2. The molecule has 0 aromatic heterocycles. The van der Waals surface area contributed by atoms with Crippen LogP contribution in [0.15, 0.2) is 94.3 Å². The third kappa shape index (κ3) is 7.84. The first-order valence-corrected chi connectivity index (χ1v) is 16.9. The van der Waals surface area contributed by atoms with E-state index in [1.165, 1.54) is 0 Å². The molecule has 0 saturated heterocycles. The average molecular weight is 665 g/mol. The van der Waals surface area contributed by atoms with Gasteiger partial charge in [0.1, 0.15) is 5.75 Å². The summed E-state index contributed by atoms with van der Waals surface area (Å²) in [5, 5.41) is 4.57. The van der Waals surface area contributed by atoms with Crippen molar-refractivity contribution >= 4 is 42.6 Å². The van der Waals surface area contributed by atoms with Crippen LogP contribution in [0.5, 0.6) is 5.75 Å². The van der Waals surface area contributed by atoms with Gasteiger partial charge in [0.15, 0.2) is 0 Å². The summed E-state index contributed by atoms with van der Waals surface area (Å²) in [6, 6.07) is 25.1. The number of hydrogen-bond acceptors (Lipinski definition) is 5. The molecular formula is C34H38BrN3O4S. The summed E-state index contributed by atoms with van der Waals surface area (Å²) in [5.41, 5.74) is 2.81. The molecule has 5 rings (SSSR count). The molecule has 0 fully saturated rings. The van der Waals surface area contributed by atoms with Crippen molar-refractivity contribution in [2.45, 2.75) is 50.2 Å². The highest BCUT2D eigenvalue weighted by Gasteiger charge is 2.28. The Morgan fingerprint density at radius 1 is 1.02 bits per heavy atom. The number of nitrogens with zero attached hydrogens (tertiary/aromatic N) is 1. The fraction of sp³-hybridized carbons (Fsp3) is 0.324. The number of ether oxygens (including phenoxy) is 1. The second-order valence-electron chi connectivity index (χ2n) is 11.6. The van der Waals surface area contributed by atoms with Crippen molar-refractivity contribution in [2.75, 3.05) is 20.2 Å². The van der Waals surface area contributed by atoms with Crippen molar-refractivity contribution in [1.82, 2.24) is 14.9 Å². The second kappa shape index (κ2) is 13.6. The van der Waals surface area contributed by atoms with Crippen LogP contribution in [0.3, 0.4) is 0 Å². The highest BCUT2D eigenvalue weighted by atomic mass is 79.9. The van der Waals surface area contributed by atoms with Gasteiger partial charge in [0.05, 0.1) is 23.6 Å². The Bertz CT molecular complexity index is 1690. The Kier molecular flexibility index (Phi) is 9.86. The Morgan fingerprint density at radius 2 is 1.81 bits per heavy atom. The predicted octanol–water partition coefficient (Wildman–Crippen LogP) is 6.74. The van der Waals surface area contributed by atoms with Crippen molar-refractivity contribution in [1.29, 1.82) is 0 Å². The summed E-state index contributed by atoms with van der Waals surface area (Å²) in [6.07, 6.45) is 0.586. The smallest absolute Gasteiger partial charge is 0.241 e. The number of carbonyl (C=O) groups excluding carboxylic acids is 1. The maximum atomic E-state index is 13.7. The largest absolute Gasteiger partial charge is 0.493 e. The van der Waals surface area contributed by atoms with Gasteiger partial charge >= 0.3 is 0 Å². The van der Waals surface area contributed by atoms with Gasteiger partial charge in [0.25, 0.3) is 0 Å². The van der Waals surface area contributed by atoms with Crippen molar-refractivity contribution in [3.8, 4) is 5.75 Å². The molecule has 1 amide bonds. The minimum Gasteiger partial charge on any atom is -0.493 e. The molecule has 2 N–H and O–H groups in total. The minimum atomic E-state index is -3.97. The van der Waals surface area contributed by atoms with E-state index in [1.54, 1.807) is 18.2 Å². The van der Waals surface area contributed by atoms with E-state index in [-0.39, 0.29) is 23.3 Å². The van der Waals surface area contributed by atoms with E-state index < -0.39 is 16.1 Å². The topological polar surface area (TPSA) is 87.7 Å². The molecule has 2 unspecified atom stereocenters. The van der Waals surface area contributed by atoms with Crippen molar-refractivity contribution < 1.29 is 17.9 Å². The summed E-state index contributed by atoms with van der Waals surface area (Å²) >= 11 is 3.46. The summed E-state index contributed by atoms with van der Waals surface area (Å²) in [4.78, 5) is 16.0. The third-order valence-electron chi connectivity index (χ3n) is 7.56. The molecule has 1 heterocycles. The normalized spacial score (nSPS) is 15.7. The molecular weight excluding hydrogens is 626 g/mol. The molecule has 0 radical (unpaired) electrons. The first-order chi connectivity index (χ1) is 20.6. The van der Waals surface area contributed by atoms with E-state index in [2.05, 4.69) is 63.9 Å². The predicted molar refractivity (Wildman–Crippen MR) is 174 cm³/mol. The van der Waals surface area contributed by atoms with E-state index in [0.29, 0.717) is 29.9 Å². The number of carbonyl (C=O) groups is 1. The van der Waals surface area contributed by atoms with Gasteiger partial charge in [-0.3, -0.25) is 4.79 Å². The van der Waals surface area contributed by atoms with Crippen molar-refractivity contribution in [3.05, 3.63) is 106 Å². The van der Waals surface area contributed by atoms with Crippen LogP contribution >= 0.6 is 15.9 Å². The molecule has 7 nitrogen and oxygen atoms in total. The number of amides is 1. The van der Waals surface area contributed by atoms with Crippen LogP contribution in [0.1, 0.15) is 55.5 Å². The zero-order valence-corrected chi connectivity index (χ0v) is 27.1. The zero-order valence-electron chi connectivity index (χ0n) is 24.7. The number of fused-ring (bicyclic) bond motifs is 2. The van der Waals surface area contributed by atoms with E-state index in [1.807, 2.05) is 54.6 Å². The van der Waals surface area contributed by atoms with Crippen LogP contribution in [-0.2, 0) is 21.4 Å². The van der Waals surface area contributed by atoms with E-state index in [9.17, 15) is 13.2 Å². The Morgan fingerprint density at radius 3 is 2.58 bits per heavy atom. The highest BCUT2D eigenvalue weighted by Crippen LogP contribution is 2.34. The first-order valence-electron chi connectivity index (χ1n) is 14.6. The van der Waals surface area contributed by atoms with Gasteiger partial charge in [0.2, 0.25) is 15.9 Å². The molecule has 4 aromatic rings. The number of sulfonamides is 1. The minimum absolute atomic E-state index is 0.0513. The Balaban J connectivity index is 1.34. The highest BCUT2D eigenvalue weighted by molar-refractivity contribution is 9.10. The summed E-state index contributed by atoms with van der Waals surface area (Å²) in [7, 11) is -1.86. The lowest BCUT2D eigenvalue weighted by molar-refractivity contribution is -0.122. The lowest BCUT2D eigenvalue weighted by Crippen LogP contribution is -2.36. The molecule has 43 heavy (non-hydrogen) atoms. The van der Waals surface area contributed by atoms with E-state index in [0.717, 1.165) is 39.8 Å². The van der Waals surface area contributed by atoms with Crippen LogP contribution in [0.4, 0.5) is 0 Å². The van der Waals surface area contributed by atoms with Crippen LogP contribution in [0.2, 0.25) is 0 Å². The summed E-state index contributed by atoms with van der Waals surface area (Å²) in [6.45, 7) is 6.72. The van der Waals surface area contributed by atoms with Gasteiger partial charge in [-0.05, 0) is 53.7 Å². The van der Waals surface area contributed by atoms with E-state index in [4.69, 9.17) is 4.74 Å². The monoisotopic (exact) mass is 663 g/mol. The quantitative estimate of drug-likeness (QED) is 0.186. The van der Waals surface area contributed by atoms with Crippen LogP contribution in [0.25, 0.3) is 10.8 Å². The second-order valence-corrected chi connectivity index (χ2v) is 14.2. The van der Waals surface area contributed by atoms with Crippen molar-refractivity contribution in [2.24, 2.45) is 5.92 Å².